The number of aliphatic hydroxyl groups is 3. The second-order valence-corrected chi connectivity index (χ2v) is 5.16. The number of rotatable bonds is 4. The summed E-state index contributed by atoms with van der Waals surface area (Å²) in [4.78, 5) is 40.9. The van der Waals surface area contributed by atoms with Gasteiger partial charge in [0.1, 0.15) is 30.2 Å². The van der Waals surface area contributed by atoms with Crippen molar-refractivity contribution in [2.75, 3.05) is 6.61 Å². The van der Waals surface area contributed by atoms with Crippen LogP contribution in [0.25, 0.3) is 17.4 Å². The highest BCUT2D eigenvalue weighted by Gasteiger charge is 2.44. The van der Waals surface area contributed by atoms with Gasteiger partial charge in [0.25, 0.3) is 5.56 Å². The largest absolute Gasteiger partial charge is 0.394 e. The molecule has 2 aromatic rings. The van der Waals surface area contributed by atoms with Crippen LogP contribution in [0.15, 0.2) is 22.0 Å². The van der Waals surface area contributed by atoms with Crippen molar-refractivity contribution in [2.24, 2.45) is 0 Å². The molecule has 0 saturated carbocycles. The molecule has 24 heavy (non-hydrogen) atoms. The molecule has 2 unspecified atom stereocenters. The Hall–Kier alpha value is -2.60. The lowest BCUT2D eigenvalue weighted by molar-refractivity contribution is -0.104. The van der Waals surface area contributed by atoms with Crippen molar-refractivity contribution in [2.45, 2.75) is 24.5 Å². The maximum Gasteiger partial charge on any atom is 0.334 e. The Morgan fingerprint density at radius 1 is 1.33 bits per heavy atom. The lowest BCUT2D eigenvalue weighted by atomic mass is 10.1. The first-order valence-electron chi connectivity index (χ1n) is 6.95. The second kappa shape index (κ2) is 6.13. The van der Waals surface area contributed by atoms with Crippen LogP contribution in [-0.2, 0) is 9.53 Å². The van der Waals surface area contributed by atoms with E-state index in [4.69, 9.17) is 9.84 Å². The van der Waals surface area contributed by atoms with Crippen LogP contribution in [0.1, 0.15) is 6.23 Å². The molecule has 3 rings (SSSR count). The number of carbonyl (C=O) groups is 1. The summed E-state index contributed by atoms with van der Waals surface area (Å²) in [5, 5.41) is 29.0. The summed E-state index contributed by atoms with van der Waals surface area (Å²) in [6, 6.07) is 0. The van der Waals surface area contributed by atoms with Gasteiger partial charge in [0.2, 0.25) is 0 Å². The minimum absolute atomic E-state index is 0.0180. The third-order valence-corrected chi connectivity index (χ3v) is 3.76. The van der Waals surface area contributed by atoms with Crippen LogP contribution in [0, 0.1) is 0 Å². The predicted molar refractivity (Wildman–Crippen MR) is 79.0 cm³/mol. The summed E-state index contributed by atoms with van der Waals surface area (Å²) in [5.41, 5.74) is -1.73. The molecule has 11 nitrogen and oxygen atoms in total. The zero-order valence-corrected chi connectivity index (χ0v) is 12.1. The number of H-pyrrole nitrogens is 1. The van der Waals surface area contributed by atoms with Gasteiger partial charge in [-0.1, -0.05) is 0 Å². The maximum atomic E-state index is 12.3. The molecule has 1 aliphatic heterocycles. The first kappa shape index (κ1) is 16.3. The molecular formula is C13H14N4O7. The van der Waals surface area contributed by atoms with E-state index in [0.717, 1.165) is 18.6 Å². The Balaban J connectivity index is 2.13. The van der Waals surface area contributed by atoms with Crippen LogP contribution >= 0.6 is 0 Å². The van der Waals surface area contributed by atoms with E-state index in [-0.39, 0.29) is 11.2 Å². The molecule has 1 aliphatic rings. The molecule has 1 saturated heterocycles. The summed E-state index contributed by atoms with van der Waals surface area (Å²) in [6.07, 6.45) is -1.32. The van der Waals surface area contributed by atoms with Crippen molar-refractivity contribution in [1.29, 1.82) is 0 Å². The first-order valence-corrected chi connectivity index (χ1v) is 6.95. The highest BCUT2D eigenvalue weighted by atomic mass is 16.6. The summed E-state index contributed by atoms with van der Waals surface area (Å²) in [5.74, 6) is 0. The van der Waals surface area contributed by atoms with Crippen molar-refractivity contribution in [3.63, 3.8) is 0 Å². The van der Waals surface area contributed by atoms with Crippen molar-refractivity contribution in [3.8, 4) is 0 Å². The van der Waals surface area contributed by atoms with Crippen molar-refractivity contribution >= 4 is 23.6 Å². The van der Waals surface area contributed by atoms with E-state index < -0.39 is 42.4 Å². The number of aromatic amines is 1. The number of aliphatic hydroxyl groups excluding tert-OH is 3. The molecule has 11 heteroatoms. The molecule has 128 valence electrons. The van der Waals surface area contributed by atoms with Gasteiger partial charge in [-0.3, -0.25) is 19.1 Å². The molecule has 2 aromatic heterocycles. The molecule has 0 radical (unpaired) electrons. The van der Waals surface area contributed by atoms with E-state index in [2.05, 4.69) is 9.97 Å². The quantitative estimate of drug-likeness (QED) is 0.343. The Bertz CT molecular complexity index is 911. The van der Waals surface area contributed by atoms with Gasteiger partial charge in [0, 0.05) is 6.20 Å². The van der Waals surface area contributed by atoms with Crippen molar-refractivity contribution in [3.05, 3.63) is 33.2 Å². The summed E-state index contributed by atoms with van der Waals surface area (Å²) in [7, 11) is 0. The number of fused-ring (bicyclic) bond motifs is 1. The SMILES string of the molecule is O=CC=Cn1c(=O)[nH]c2c(ncn2[C@H]2O[C@@H](CO)C(O)C2O)c1=O. The Morgan fingerprint density at radius 2 is 2.08 bits per heavy atom. The number of imidazole rings is 1. The number of carbonyl (C=O) groups excluding carboxylic acids is 1. The second-order valence-electron chi connectivity index (χ2n) is 5.16. The molecule has 0 spiro atoms. The molecule has 0 aromatic carbocycles. The van der Waals surface area contributed by atoms with Gasteiger partial charge in [0.05, 0.1) is 12.9 Å². The van der Waals surface area contributed by atoms with E-state index in [1.807, 2.05) is 0 Å². The average Bonchev–Trinajstić information content (AvgIpc) is 3.09. The highest BCUT2D eigenvalue weighted by molar-refractivity contribution is 5.72. The fourth-order valence-electron chi connectivity index (χ4n) is 2.57. The molecule has 1 fully saturated rings. The third kappa shape index (κ3) is 2.39. The number of hydrogen-bond acceptors (Lipinski definition) is 8. The molecule has 4 atom stereocenters. The lowest BCUT2D eigenvalue weighted by Crippen LogP contribution is -2.34. The zero-order valence-electron chi connectivity index (χ0n) is 12.1. The standard InChI is InChI=1S/C13H14N4O7/c18-3-1-2-16-11(22)7-10(15-13(16)23)17(5-14-7)12-9(21)8(20)6(4-19)24-12/h1-3,5-6,8-9,12,19-21H,4H2,(H,15,23)/t6-,8?,9?,12-/m0/s1. The summed E-state index contributed by atoms with van der Waals surface area (Å²) in [6.45, 7) is -0.513. The molecular weight excluding hydrogens is 324 g/mol. The number of aldehydes is 1. The van der Waals surface area contributed by atoms with Crippen molar-refractivity contribution < 1.29 is 24.9 Å². The van der Waals surface area contributed by atoms with Crippen LogP contribution in [0.4, 0.5) is 0 Å². The van der Waals surface area contributed by atoms with Crippen LogP contribution in [0.3, 0.4) is 0 Å². The smallest absolute Gasteiger partial charge is 0.334 e. The number of allylic oxidation sites excluding steroid dienone is 1. The highest BCUT2D eigenvalue weighted by Crippen LogP contribution is 2.30. The van der Waals surface area contributed by atoms with E-state index in [1.165, 1.54) is 4.57 Å². The maximum absolute atomic E-state index is 12.3. The third-order valence-electron chi connectivity index (χ3n) is 3.76. The fourth-order valence-corrected chi connectivity index (χ4v) is 2.57. The topological polar surface area (TPSA) is 160 Å². The van der Waals surface area contributed by atoms with Gasteiger partial charge in [-0.2, -0.15) is 0 Å². The zero-order chi connectivity index (χ0) is 17.4. The minimum Gasteiger partial charge on any atom is -0.394 e. The van der Waals surface area contributed by atoms with E-state index >= 15 is 0 Å². The van der Waals surface area contributed by atoms with Gasteiger partial charge in [-0.05, 0) is 6.08 Å². The monoisotopic (exact) mass is 338 g/mol. The first-order chi connectivity index (χ1) is 11.5. The van der Waals surface area contributed by atoms with Gasteiger partial charge >= 0.3 is 5.69 Å². The fraction of sp³-hybridized carbons (Fsp3) is 0.385. The van der Waals surface area contributed by atoms with Crippen LogP contribution < -0.4 is 11.2 Å². The minimum atomic E-state index is -1.39. The summed E-state index contributed by atoms with van der Waals surface area (Å²) < 4.78 is 7.21. The molecule has 0 aliphatic carbocycles. The van der Waals surface area contributed by atoms with Crippen LogP contribution in [0.5, 0.6) is 0 Å². The van der Waals surface area contributed by atoms with Gasteiger partial charge < -0.3 is 20.1 Å². The number of ether oxygens (including phenoxy) is 1. The Labute approximate surface area is 133 Å². The number of nitrogens with one attached hydrogen (secondary N) is 1. The average molecular weight is 338 g/mol. The van der Waals surface area contributed by atoms with Crippen LogP contribution in [0.2, 0.25) is 0 Å². The predicted octanol–water partition coefficient (Wildman–Crippen LogP) is -2.83. The lowest BCUT2D eigenvalue weighted by Gasteiger charge is -2.16. The normalized spacial score (nSPS) is 27.3. The number of hydrogen-bond donors (Lipinski definition) is 4. The molecule has 0 amide bonds. The summed E-state index contributed by atoms with van der Waals surface area (Å²) >= 11 is 0. The Morgan fingerprint density at radius 3 is 2.71 bits per heavy atom. The van der Waals surface area contributed by atoms with Gasteiger partial charge in [0.15, 0.2) is 11.7 Å². The van der Waals surface area contributed by atoms with E-state index in [1.54, 1.807) is 0 Å². The van der Waals surface area contributed by atoms with Crippen molar-refractivity contribution in [1.82, 2.24) is 19.1 Å². The van der Waals surface area contributed by atoms with Crippen LogP contribution in [-0.4, -0.2) is 65.6 Å². The van der Waals surface area contributed by atoms with E-state index in [9.17, 15) is 24.6 Å². The molecule has 3 heterocycles. The Kier molecular flexibility index (Phi) is 4.15. The molecule has 0 bridgehead atoms. The number of aromatic nitrogens is 4. The van der Waals surface area contributed by atoms with Gasteiger partial charge in [-0.15, -0.1) is 0 Å². The molecule has 4 N–H and O–H groups in total. The van der Waals surface area contributed by atoms with Gasteiger partial charge in [-0.25, -0.2) is 14.3 Å². The number of nitrogens with zero attached hydrogens (tertiary/aromatic N) is 3. The van der Waals surface area contributed by atoms with E-state index in [0.29, 0.717) is 10.9 Å².